The van der Waals surface area contributed by atoms with Gasteiger partial charge >= 0.3 is 0 Å². The molecule has 2 aromatic heterocycles. The van der Waals surface area contributed by atoms with E-state index in [1.165, 1.54) is 6.20 Å². The summed E-state index contributed by atoms with van der Waals surface area (Å²) in [4.78, 5) is 11.1. The lowest BCUT2D eigenvalue weighted by Crippen LogP contribution is -2.12. The van der Waals surface area contributed by atoms with Crippen molar-refractivity contribution < 1.29 is 0 Å². The van der Waals surface area contributed by atoms with E-state index in [4.69, 9.17) is 11.6 Å². The van der Waals surface area contributed by atoms with Crippen molar-refractivity contribution in [3.63, 3.8) is 0 Å². The molecule has 0 fully saturated rings. The number of anilines is 1. The number of hydrogen-bond donors (Lipinski definition) is 3. The molecule has 3 N–H and O–H groups in total. The molecule has 2 rings (SSSR count). The highest BCUT2D eigenvalue weighted by Gasteiger charge is 2.05. The third kappa shape index (κ3) is 2.10. The summed E-state index contributed by atoms with van der Waals surface area (Å²) in [5.41, 5.74) is -0.0278. The fourth-order valence-electron chi connectivity index (χ4n) is 0.938. The van der Waals surface area contributed by atoms with E-state index in [0.717, 1.165) is 0 Å². The summed E-state index contributed by atoms with van der Waals surface area (Å²) in [6.45, 7) is 0.307. The van der Waals surface area contributed by atoms with Crippen molar-refractivity contribution in [3.05, 3.63) is 27.4 Å². The van der Waals surface area contributed by atoms with Crippen LogP contribution in [0.2, 0.25) is 5.02 Å². The van der Waals surface area contributed by atoms with E-state index in [2.05, 4.69) is 36.1 Å². The van der Waals surface area contributed by atoms with Crippen LogP contribution in [0.3, 0.4) is 0 Å². The summed E-state index contributed by atoms with van der Waals surface area (Å²) < 4.78 is 0. The molecule has 0 saturated heterocycles. The SMILES string of the molecule is O=c1[nH]ncc(NCc2nn[nH]n2)c1Cl. The van der Waals surface area contributed by atoms with Gasteiger partial charge in [0.25, 0.3) is 5.56 Å². The number of rotatable bonds is 3. The monoisotopic (exact) mass is 227 g/mol. The maximum absolute atomic E-state index is 11.1. The third-order valence-corrected chi connectivity index (χ3v) is 2.00. The molecule has 9 heteroatoms. The van der Waals surface area contributed by atoms with Gasteiger partial charge in [0, 0.05) is 0 Å². The van der Waals surface area contributed by atoms with Gasteiger partial charge in [-0.2, -0.15) is 10.3 Å². The van der Waals surface area contributed by atoms with Gasteiger partial charge in [-0.05, 0) is 0 Å². The molecule has 0 spiro atoms. The number of tetrazole rings is 1. The predicted octanol–water partition coefficient (Wildman–Crippen LogP) is -0.452. The second-order valence-electron chi connectivity index (χ2n) is 2.61. The number of hydrogen-bond acceptors (Lipinski definition) is 6. The number of aromatic nitrogens is 6. The number of H-pyrrole nitrogens is 2. The first-order valence-corrected chi connectivity index (χ1v) is 4.34. The zero-order chi connectivity index (χ0) is 10.7. The van der Waals surface area contributed by atoms with Crippen molar-refractivity contribution >= 4 is 17.3 Å². The zero-order valence-corrected chi connectivity index (χ0v) is 8.12. The number of halogens is 1. The van der Waals surface area contributed by atoms with Crippen molar-refractivity contribution in [2.24, 2.45) is 0 Å². The molecule has 2 aromatic rings. The second kappa shape index (κ2) is 4.05. The fraction of sp³-hybridized carbons (Fsp3) is 0.167. The van der Waals surface area contributed by atoms with Crippen molar-refractivity contribution in [2.45, 2.75) is 6.54 Å². The smallest absolute Gasteiger partial charge is 0.285 e. The van der Waals surface area contributed by atoms with Crippen LogP contribution in [0.5, 0.6) is 0 Å². The van der Waals surface area contributed by atoms with Crippen molar-refractivity contribution in [1.82, 2.24) is 30.8 Å². The van der Waals surface area contributed by atoms with Crippen LogP contribution in [0.25, 0.3) is 0 Å². The molecular weight excluding hydrogens is 222 g/mol. The average Bonchev–Trinajstić information content (AvgIpc) is 2.73. The molecule has 0 unspecified atom stereocenters. The van der Waals surface area contributed by atoms with E-state index < -0.39 is 5.56 Å². The lowest BCUT2D eigenvalue weighted by Gasteiger charge is -2.03. The minimum absolute atomic E-state index is 0.0495. The van der Waals surface area contributed by atoms with E-state index in [9.17, 15) is 4.79 Å². The van der Waals surface area contributed by atoms with Crippen LogP contribution in [-0.2, 0) is 6.54 Å². The van der Waals surface area contributed by atoms with Crippen LogP contribution in [0.1, 0.15) is 5.82 Å². The van der Waals surface area contributed by atoms with E-state index in [1.807, 2.05) is 0 Å². The molecule has 2 heterocycles. The lowest BCUT2D eigenvalue weighted by molar-refractivity contribution is 0.881. The quantitative estimate of drug-likeness (QED) is 0.655. The van der Waals surface area contributed by atoms with Gasteiger partial charge in [0.05, 0.1) is 18.4 Å². The van der Waals surface area contributed by atoms with Crippen LogP contribution >= 0.6 is 11.6 Å². The molecule has 0 radical (unpaired) electrons. The first-order valence-electron chi connectivity index (χ1n) is 3.97. The largest absolute Gasteiger partial charge is 0.375 e. The molecule has 0 atom stereocenters. The summed E-state index contributed by atoms with van der Waals surface area (Å²) in [5.74, 6) is 0.464. The fourth-order valence-corrected chi connectivity index (χ4v) is 1.10. The van der Waals surface area contributed by atoms with Gasteiger partial charge in [-0.15, -0.1) is 10.2 Å². The van der Waals surface area contributed by atoms with Gasteiger partial charge in [0.1, 0.15) is 5.02 Å². The highest BCUT2D eigenvalue weighted by atomic mass is 35.5. The highest BCUT2D eigenvalue weighted by molar-refractivity contribution is 6.32. The Morgan fingerprint density at radius 3 is 3.13 bits per heavy atom. The van der Waals surface area contributed by atoms with Crippen LogP contribution in [0, 0.1) is 0 Å². The van der Waals surface area contributed by atoms with E-state index in [0.29, 0.717) is 18.1 Å². The number of nitrogens with one attached hydrogen (secondary N) is 3. The summed E-state index contributed by atoms with van der Waals surface area (Å²) in [7, 11) is 0. The zero-order valence-electron chi connectivity index (χ0n) is 7.36. The Labute approximate surface area is 88.0 Å². The minimum atomic E-state index is -0.449. The standard InChI is InChI=1S/C6H6ClN7O/c7-5-3(1-9-12-6(5)15)8-2-4-10-13-14-11-4/h1H,2H2,(H2,8,12,15)(H,10,11,13,14). The Morgan fingerprint density at radius 1 is 1.53 bits per heavy atom. The van der Waals surface area contributed by atoms with Crippen molar-refractivity contribution in [3.8, 4) is 0 Å². The number of nitrogens with zero attached hydrogens (tertiary/aromatic N) is 4. The summed E-state index contributed by atoms with van der Waals surface area (Å²) in [6, 6.07) is 0. The Morgan fingerprint density at radius 2 is 2.40 bits per heavy atom. The summed E-state index contributed by atoms with van der Waals surface area (Å²) in [6.07, 6.45) is 1.41. The Bertz CT molecular complexity index is 492. The second-order valence-corrected chi connectivity index (χ2v) is 2.99. The van der Waals surface area contributed by atoms with E-state index in [-0.39, 0.29) is 5.02 Å². The molecule has 0 saturated carbocycles. The minimum Gasteiger partial charge on any atom is -0.375 e. The van der Waals surface area contributed by atoms with E-state index in [1.54, 1.807) is 0 Å². The van der Waals surface area contributed by atoms with Crippen molar-refractivity contribution in [1.29, 1.82) is 0 Å². The van der Waals surface area contributed by atoms with Crippen LogP contribution in [0.4, 0.5) is 5.69 Å². The Kier molecular flexibility index (Phi) is 2.59. The first-order chi connectivity index (χ1) is 7.27. The predicted molar refractivity (Wildman–Crippen MR) is 51.4 cm³/mol. The first kappa shape index (κ1) is 9.59. The summed E-state index contributed by atoms with van der Waals surface area (Å²) >= 11 is 5.72. The lowest BCUT2D eigenvalue weighted by atomic mass is 10.4. The molecule has 78 valence electrons. The molecule has 15 heavy (non-hydrogen) atoms. The molecule has 0 aliphatic rings. The number of aromatic amines is 2. The van der Waals surface area contributed by atoms with Crippen molar-refractivity contribution in [2.75, 3.05) is 5.32 Å². The van der Waals surface area contributed by atoms with Gasteiger partial charge in [-0.25, -0.2) is 5.10 Å². The molecule has 0 bridgehead atoms. The highest BCUT2D eigenvalue weighted by Crippen LogP contribution is 2.14. The topological polar surface area (TPSA) is 112 Å². The molecule has 8 nitrogen and oxygen atoms in total. The van der Waals surface area contributed by atoms with Crippen LogP contribution < -0.4 is 10.9 Å². The van der Waals surface area contributed by atoms with Gasteiger partial charge < -0.3 is 5.32 Å². The maximum atomic E-state index is 11.1. The normalized spacial score (nSPS) is 10.2. The third-order valence-electron chi connectivity index (χ3n) is 1.62. The van der Waals surface area contributed by atoms with Gasteiger partial charge in [-0.3, -0.25) is 4.79 Å². The average molecular weight is 228 g/mol. The van der Waals surface area contributed by atoms with Gasteiger partial charge in [-0.1, -0.05) is 16.8 Å². The van der Waals surface area contributed by atoms with Gasteiger partial charge in [0.2, 0.25) is 0 Å². The maximum Gasteiger partial charge on any atom is 0.285 e. The van der Waals surface area contributed by atoms with Crippen LogP contribution in [-0.4, -0.2) is 30.8 Å². The molecule has 0 aliphatic heterocycles. The Hall–Kier alpha value is -1.96. The van der Waals surface area contributed by atoms with Gasteiger partial charge in [0.15, 0.2) is 5.82 Å². The molecule has 0 aromatic carbocycles. The Balaban J connectivity index is 2.12. The molecular formula is C6H6ClN7O. The summed E-state index contributed by atoms with van der Waals surface area (Å²) in [5, 5.41) is 21.8. The van der Waals surface area contributed by atoms with Crippen LogP contribution in [0.15, 0.2) is 11.0 Å². The molecule has 0 amide bonds. The molecule has 0 aliphatic carbocycles. The van der Waals surface area contributed by atoms with E-state index >= 15 is 0 Å².